The summed E-state index contributed by atoms with van der Waals surface area (Å²) in [5, 5.41) is 15.9. The van der Waals surface area contributed by atoms with Crippen LogP contribution in [-0.2, 0) is 22.4 Å². The molecule has 2 aromatic carbocycles. The molecule has 3 rings (SSSR count). The molecule has 3 aromatic rings. The van der Waals surface area contributed by atoms with Gasteiger partial charge in [-0.15, -0.1) is 0 Å². The van der Waals surface area contributed by atoms with Crippen LogP contribution >= 0.6 is 0 Å². The highest BCUT2D eigenvalue weighted by atomic mass is 19.1. The minimum Gasteiger partial charge on any atom is -0.382 e. The maximum absolute atomic E-state index is 13.8. The molecule has 9 nitrogen and oxygen atoms in total. The van der Waals surface area contributed by atoms with Gasteiger partial charge in [-0.3, -0.25) is 9.59 Å². The number of benzene rings is 2. The van der Waals surface area contributed by atoms with Gasteiger partial charge in [0.05, 0.1) is 0 Å². The molecule has 3 unspecified atom stereocenters. The molecule has 0 aliphatic carbocycles. The van der Waals surface area contributed by atoms with E-state index in [0.29, 0.717) is 6.42 Å². The van der Waals surface area contributed by atoms with Crippen LogP contribution in [0.15, 0.2) is 61.2 Å². The zero-order valence-electron chi connectivity index (χ0n) is 22.6. The van der Waals surface area contributed by atoms with E-state index in [2.05, 4.69) is 20.6 Å². The molecule has 214 valence electrons. The highest BCUT2D eigenvalue weighted by molar-refractivity contribution is 5.81. The molecule has 0 saturated carbocycles. The number of hydrogen-bond acceptors (Lipinski definition) is 7. The molecule has 7 N–H and O–H groups in total. The van der Waals surface area contributed by atoms with Crippen molar-refractivity contribution in [3.05, 3.63) is 83.9 Å². The van der Waals surface area contributed by atoms with Gasteiger partial charge in [0.2, 0.25) is 11.8 Å². The molecule has 3 atom stereocenters. The normalized spacial score (nSPS) is 13.8. The smallest absolute Gasteiger partial charge is 0.250 e. The number of halogens is 2. The van der Waals surface area contributed by atoms with Crippen molar-refractivity contribution in [3.8, 4) is 11.1 Å². The maximum atomic E-state index is 13.8. The van der Waals surface area contributed by atoms with Crippen molar-refractivity contribution in [2.75, 3.05) is 13.1 Å². The molecular weight excluding hydrogens is 518 g/mol. The second-order valence-electron chi connectivity index (χ2n) is 10.7. The molecule has 11 heteroatoms. The summed E-state index contributed by atoms with van der Waals surface area (Å²) in [6.07, 6.45) is 3.68. The Hall–Kier alpha value is -3.80. The molecule has 0 aliphatic rings. The summed E-state index contributed by atoms with van der Waals surface area (Å²) in [7, 11) is 0. The second-order valence-corrected chi connectivity index (χ2v) is 10.7. The number of aromatic nitrogens is 2. The standard InChI is InChI=1S/C29H36F2N6O3/c1-29(2,15-36-26(38)12-23(32)11-20-10-22(30)7-8-24(20)31)16-37-28(40)27(39)25(33)9-18-3-5-19(6-4-18)21-13-34-17-35-14-21/h3-8,10,13-14,17,23,25,27,39H,9,11-12,15-16,32-33H2,1-2H3,(H,36,38)(H,37,40). The summed E-state index contributed by atoms with van der Waals surface area (Å²) in [5.74, 6) is -2.11. The molecule has 0 aliphatic heterocycles. The Bertz CT molecular complexity index is 1270. The number of amides is 2. The SMILES string of the molecule is CC(C)(CNC(=O)CC(N)Cc1cc(F)ccc1F)CNC(=O)C(O)C(N)Cc1ccc(-c2cncnc2)cc1. The molecule has 40 heavy (non-hydrogen) atoms. The van der Waals surface area contributed by atoms with E-state index in [4.69, 9.17) is 11.5 Å². The lowest BCUT2D eigenvalue weighted by Gasteiger charge is -2.27. The van der Waals surface area contributed by atoms with E-state index in [-0.39, 0.29) is 37.4 Å². The van der Waals surface area contributed by atoms with Crippen LogP contribution in [-0.4, -0.2) is 58.2 Å². The van der Waals surface area contributed by atoms with Crippen molar-refractivity contribution in [1.82, 2.24) is 20.6 Å². The Labute approximate surface area is 232 Å². The predicted octanol–water partition coefficient (Wildman–Crippen LogP) is 1.87. The van der Waals surface area contributed by atoms with Crippen LogP contribution in [0.2, 0.25) is 0 Å². The van der Waals surface area contributed by atoms with Gasteiger partial charge in [0, 0.05) is 49.6 Å². The fourth-order valence-corrected chi connectivity index (χ4v) is 4.06. The first kappa shape index (κ1) is 30.7. The summed E-state index contributed by atoms with van der Waals surface area (Å²) in [6, 6.07) is 9.14. The topological polar surface area (TPSA) is 156 Å². The maximum Gasteiger partial charge on any atom is 0.250 e. The first-order chi connectivity index (χ1) is 18.9. The summed E-state index contributed by atoms with van der Waals surface area (Å²) in [4.78, 5) is 32.9. The van der Waals surface area contributed by atoms with Crippen molar-refractivity contribution >= 4 is 11.8 Å². The highest BCUT2D eigenvalue weighted by Gasteiger charge is 2.26. The lowest BCUT2D eigenvalue weighted by molar-refractivity contribution is -0.130. The number of carbonyl (C=O) groups is 2. The summed E-state index contributed by atoms with van der Waals surface area (Å²) in [6.45, 7) is 4.06. The minimum atomic E-state index is -1.42. The lowest BCUT2D eigenvalue weighted by atomic mass is 9.92. The van der Waals surface area contributed by atoms with E-state index < -0.39 is 41.1 Å². The summed E-state index contributed by atoms with van der Waals surface area (Å²) >= 11 is 0. The Morgan fingerprint density at radius 3 is 2.27 bits per heavy atom. The van der Waals surface area contributed by atoms with E-state index >= 15 is 0 Å². The van der Waals surface area contributed by atoms with Gasteiger partial charge >= 0.3 is 0 Å². The van der Waals surface area contributed by atoms with Gasteiger partial charge in [0.15, 0.2) is 0 Å². The first-order valence-corrected chi connectivity index (χ1v) is 13.0. The van der Waals surface area contributed by atoms with Gasteiger partial charge < -0.3 is 27.2 Å². The third kappa shape index (κ3) is 9.44. The van der Waals surface area contributed by atoms with Gasteiger partial charge in [-0.1, -0.05) is 38.1 Å². The molecule has 1 aromatic heterocycles. The zero-order chi connectivity index (χ0) is 29.3. The number of carbonyl (C=O) groups excluding carboxylic acids is 2. The Morgan fingerprint density at radius 2 is 1.60 bits per heavy atom. The number of aliphatic hydroxyl groups excluding tert-OH is 1. The number of hydrogen-bond donors (Lipinski definition) is 5. The Morgan fingerprint density at radius 1 is 0.950 bits per heavy atom. The van der Waals surface area contributed by atoms with Crippen LogP contribution in [0.1, 0.15) is 31.4 Å². The van der Waals surface area contributed by atoms with Crippen molar-refractivity contribution in [2.24, 2.45) is 16.9 Å². The quantitative estimate of drug-likeness (QED) is 0.216. The predicted molar refractivity (Wildman–Crippen MR) is 148 cm³/mol. The average Bonchev–Trinajstić information content (AvgIpc) is 2.93. The summed E-state index contributed by atoms with van der Waals surface area (Å²) < 4.78 is 27.2. The molecule has 0 bridgehead atoms. The van der Waals surface area contributed by atoms with Crippen molar-refractivity contribution in [3.63, 3.8) is 0 Å². The second kappa shape index (κ2) is 14.0. The van der Waals surface area contributed by atoms with Crippen LogP contribution in [0.5, 0.6) is 0 Å². The molecule has 0 spiro atoms. The number of rotatable bonds is 13. The van der Waals surface area contributed by atoms with Crippen LogP contribution in [0.25, 0.3) is 11.1 Å². The number of nitrogens with one attached hydrogen (secondary N) is 2. The van der Waals surface area contributed by atoms with Crippen LogP contribution in [0.4, 0.5) is 8.78 Å². The monoisotopic (exact) mass is 554 g/mol. The van der Waals surface area contributed by atoms with Gasteiger partial charge in [-0.2, -0.15) is 0 Å². The molecule has 0 fully saturated rings. The number of nitrogens with two attached hydrogens (primary N) is 2. The zero-order valence-corrected chi connectivity index (χ0v) is 22.6. The highest BCUT2D eigenvalue weighted by Crippen LogP contribution is 2.19. The molecule has 2 amide bonds. The number of aliphatic hydroxyl groups is 1. The van der Waals surface area contributed by atoms with E-state index in [1.54, 1.807) is 12.4 Å². The fraction of sp³-hybridized carbons (Fsp3) is 0.379. The molecular formula is C29H36F2N6O3. The van der Waals surface area contributed by atoms with E-state index in [1.807, 2.05) is 38.1 Å². The Kier molecular flexibility index (Phi) is 10.8. The first-order valence-electron chi connectivity index (χ1n) is 13.0. The van der Waals surface area contributed by atoms with E-state index in [1.165, 1.54) is 6.33 Å². The molecule has 0 radical (unpaired) electrons. The van der Waals surface area contributed by atoms with Gasteiger partial charge in [0.25, 0.3) is 0 Å². The van der Waals surface area contributed by atoms with Crippen molar-refractivity contribution in [2.45, 2.75) is 51.3 Å². The van der Waals surface area contributed by atoms with Crippen LogP contribution in [0.3, 0.4) is 0 Å². The fourth-order valence-electron chi connectivity index (χ4n) is 4.06. The Balaban J connectivity index is 1.40. The van der Waals surface area contributed by atoms with E-state index in [9.17, 15) is 23.5 Å². The van der Waals surface area contributed by atoms with Crippen LogP contribution in [0, 0.1) is 17.0 Å². The molecule has 1 heterocycles. The van der Waals surface area contributed by atoms with Crippen LogP contribution < -0.4 is 22.1 Å². The average molecular weight is 555 g/mol. The van der Waals surface area contributed by atoms with Crippen molar-refractivity contribution < 1.29 is 23.5 Å². The van der Waals surface area contributed by atoms with Crippen molar-refractivity contribution in [1.29, 1.82) is 0 Å². The van der Waals surface area contributed by atoms with Gasteiger partial charge in [0.1, 0.15) is 24.1 Å². The third-order valence-corrected chi connectivity index (χ3v) is 6.44. The van der Waals surface area contributed by atoms with Gasteiger partial charge in [-0.25, -0.2) is 18.7 Å². The summed E-state index contributed by atoms with van der Waals surface area (Å²) in [5.41, 5.74) is 14.3. The van der Waals surface area contributed by atoms with E-state index in [0.717, 1.165) is 34.9 Å². The minimum absolute atomic E-state index is 0.0146. The number of nitrogens with zero attached hydrogens (tertiary/aromatic N) is 2. The molecule has 0 saturated heterocycles. The third-order valence-electron chi connectivity index (χ3n) is 6.44. The largest absolute Gasteiger partial charge is 0.382 e. The lowest BCUT2D eigenvalue weighted by Crippen LogP contribution is -2.50. The van der Waals surface area contributed by atoms with Gasteiger partial charge in [-0.05, 0) is 53.1 Å².